The molecule has 0 fully saturated rings. The highest BCUT2D eigenvalue weighted by Gasteiger charge is 2.13. The van der Waals surface area contributed by atoms with Gasteiger partial charge < -0.3 is 5.32 Å². The number of amides is 1. The number of aromatic amines is 1. The Labute approximate surface area is 128 Å². The summed E-state index contributed by atoms with van der Waals surface area (Å²) in [6.07, 6.45) is 1.43. The fraction of sp³-hybridized carbons (Fsp3) is 0.400. The molecule has 0 aliphatic rings. The second-order valence-electron chi connectivity index (χ2n) is 5.16. The molecule has 0 saturated carbocycles. The number of carbonyl (C=O) groups excluding carboxylic acids is 1. The molecule has 0 spiro atoms. The van der Waals surface area contributed by atoms with E-state index in [0.29, 0.717) is 10.9 Å². The lowest BCUT2D eigenvalue weighted by Gasteiger charge is -2.18. The first kappa shape index (κ1) is 15.6. The number of carbonyl (C=O) groups is 1. The van der Waals surface area contributed by atoms with Gasteiger partial charge in [0.05, 0.1) is 11.8 Å². The molecule has 0 aliphatic carbocycles. The molecule has 1 heterocycles. The first-order valence-corrected chi connectivity index (χ1v) is 7.81. The van der Waals surface area contributed by atoms with Crippen LogP contribution in [0.3, 0.4) is 0 Å². The molecule has 21 heavy (non-hydrogen) atoms. The van der Waals surface area contributed by atoms with E-state index in [-0.39, 0.29) is 11.9 Å². The summed E-state index contributed by atoms with van der Waals surface area (Å²) in [7, 11) is 0. The molecule has 5 nitrogen and oxygen atoms in total. The van der Waals surface area contributed by atoms with E-state index in [1.165, 1.54) is 34.8 Å². The molecule has 0 bridgehead atoms. The van der Waals surface area contributed by atoms with Gasteiger partial charge in [-0.15, -0.1) is 0 Å². The van der Waals surface area contributed by atoms with Crippen molar-refractivity contribution >= 4 is 17.7 Å². The molecule has 6 heteroatoms. The van der Waals surface area contributed by atoms with E-state index in [4.69, 9.17) is 0 Å². The average molecular weight is 304 g/mol. The lowest BCUT2D eigenvalue weighted by molar-refractivity contribution is -0.119. The summed E-state index contributed by atoms with van der Waals surface area (Å²) < 4.78 is 0. The molecule has 1 aromatic heterocycles. The van der Waals surface area contributed by atoms with Crippen molar-refractivity contribution in [2.24, 2.45) is 0 Å². The quantitative estimate of drug-likeness (QED) is 0.833. The van der Waals surface area contributed by atoms with Crippen LogP contribution in [-0.2, 0) is 4.79 Å². The molecular formula is C15H20N4OS. The zero-order valence-electron chi connectivity index (χ0n) is 12.7. The van der Waals surface area contributed by atoms with Crippen molar-refractivity contribution in [1.82, 2.24) is 20.5 Å². The molecule has 2 N–H and O–H groups in total. The summed E-state index contributed by atoms with van der Waals surface area (Å²) in [6, 6.07) is 4.31. The largest absolute Gasteiger partial charge is 0.349 e. The maximum Gasteiger partial charge on any atom is 0.230 e. The van der Waals surface area contributed by atoms with E-state index < -0.39 is 0 Å². The summed E-state index contributed by atoms with van der Waals surface area (Å²) in [5.41, 5.74) is 4.88. The van der Waals surface area contributed by atoms with Gasteiger partial charge in [-0.3, -0.25) is 9.89 Å². The van der Waals surface area contributed by atoms with Crippen molar-refractivity contribution < 1.29 is 4.79 Å². The van der Waals surface area contributed by atoms with Crippen LogP contribution in [0.25, 0.3) is 0 Å². The van der Waals surface area contributed by atoms with Crippen LogP contribution in [0.5, 0.6) is 0 Å². The highest BCUT2D eigenvalue weighted by atomic mass is 32.2. The van der Waals surface area contributed by atoms with Gasteiger partial charge in [0.25, 0.3) is 0 Å². The Bertz CT molecular complexity index is 625. The topological polar surface area (TPSA) is 70.7 Å². The number of nitrogens with one attached hydrogen (secondary N) is 2. The Morgan fingerprint density at radius 2 is 2.00 bits per heavy atom. The highest BCUT2D eigenvalue weighted by molar-refractivity contribution is 7.99. The van der Waals surface area contributed by atoms with Crippen molar-refractivity contribution in [1.29, 1.82) is 0 Å². The Hall–Kier alpha value is -1.82. The van der Waals surface area contributed by atoms with Crippen molar-refractivity contribution in [2.45, 2.75) is 38.9 Å². The van der Waals surface area contributed by atoms with Crippen LogP contribution in [0, 0.1) is 20.8 Å². The monoisotopic (exact) mass is 304 g/mol. The zero-order chi connectivity index (χ0) is 15.4. The summed E-state index contributed by atoms with van der Waals surface area (Å²) in [4.78, 5) is 16.0. The number of benzene rings is 1. The molecule has 0 saturated heterocycles. The minimum Gasteiger partial charge on any atom is -0.349 e. The zero-order valence-corrected chi connectivity index (χ0v) is 13.5. The summed E-state index contributed by atoms with van der Waals surface area (Å²) in [5.74, 6) is 0.310. The van der Waals surface area contributed by atoms with Crippen molar-refractivity contribution in [2.75, 3.05) is 5.75 Å². The number of aromatic nitrogens is 3. The van der Waals surface area contributed by atoms with E-state index in [2.05, 4.69) is 53.4 Å². The van der Waals surface area contributed by atoms with Crippen LogP contribution in [0.2, 0.25) is 0 Å². The Kier molecular flexibility index (Phi) is 5.01. The number of H-pyrrole nitrogens is 1. The normalized spacial score (nSPS) is 12.2. The fourth-order valence-electron chi connectivity index (χ4n) is 2.21. The molecule has 2 rings (SSSR count). The van der Waals surface area contributed by atoms with Gasteiger partial charge in [0.2, 0.25) is 5.91 Å². The van der Waals surface area contributed by atoms with Crippen LogP contribution in [0.4, 0.5) is 0 Å². The van der Waals surface area contributed by atoms with E-state index in [1.54, 1.807) is 0 Å². The minimum atomic E-state index is -0.0125. The highest BCUT2D eigenvalue weighted by Crippen LogP contribution is 2.22. The van der Waals surface area contributed by atoms with E-state index in [9.17, 15) is 4.79 Å². The van der Waals surface area contributed by atoms with Gasteiger partial charge in [-0.05, 0) is 49.9 Å². The van der Waals surface area contributed by atoms with Crippen LogP contribution < -0.4 is 5.32 Å². The second kappa shape index (κ2) is 6.76. The van der Waals surface area contributed by atoms with Crippen molar-refractivity contribution in [3.8, 4) is 0 Å². The van der Waals surface area contributed by atoms with Gasteiger partial charge in [-0.1, -0.05) is 23.9 Å². The van der Waals surface area contributed by atoms with Gasteiger partial charge in [0.1, 0.15) is 6.33 Å². The molecule has 112 valence electrons. The van der Waals surface area contributed by atoms with Gasteiger partial charge in [-0.2, -0.15) is 5.10 Å². The number of aryl methyl sites for hydroxylation is 3. The minimum absolute atomic E-state index is 0.00729. The lowest BCUT2D eigenvalue weighted by Crippen LogP contribution is -2.28. The van der Waals surface area contributed by atoms with Crippen molar-refractivity contribution in [3.05, 3.63) is 40.7 Å². The molecule has 0 radical (unpaired) electrons. The summed E-state index contributed by atoms with van der Waals surface area (Å²) in [5, 5.41) is 10.1. The molecule has 2 aromatic rings. The fourth-order valence-corrected chi connectivity index (χ4v) is 2.80. The van der Waals surface area contributed by atoms with E-state index in [0.717, 1.165) is 5.56 Å². The summed E-state index contributed by atoms with van der Waals surface area (Å²) >= 11 is 1.34. The average Bonchev–Trinajstić information content (AvgIpc) is 2.93. The van der Waals surface area contributed by atoms with Crippen LogP contribution in [-0.4, -0.2) is 26.8 Å². The maximum atomic E-state index is 12.0. The van der Waals surface area contributed by atoms with E-state index >= 15 is 0 Å². The van der Waals surface area contributed by atoms with Gasteiger partial charge in [0.15, 0.2) is 5.16 Å². The third kappa shape index (κ3) is 4.07. The van der Waals surface area contributed by atoms with Gasteiger partial charge in [0, 0.05) is 0 Å². The second-order valence-corrected chi connectivity index (χ2v) is 6.13. The number of thioether (sulfide) groups is 1. The summed E-state index contributed by atoms with van der Waals surface area (Å²) in [6.45, 7) is 8.28. The molecule has 1 amide bonds. The number of rotatable bonds is 5. The SMILES string of the molecule is Cc1cc(C)c(C(C)NC(=O)CSc2ncn[nH]2)cc1C. The third-order valence-corrected chi connectivity index (χ3v) is 4.34. The molecule has 1 aromatic carbocycles. The predicted octanol–water partition coefficient (Wildman–Crippen LogP) is 2.70. The van der Waals surface area contributed by atoms with E-state index in [1.807, 2.05) is 6.92 Å². The lowest BCUT2D eigenvalue weighted by atomic mass is 9.96. The molecule has 1 atom stereocenters. The Morgan fingerprint density at radius 1 is 1.29 bits per heavy atom. The number of hydrogen-bond acceptors (Lipinski definition) is 4. The Morgan fingerprint density at radius 3 is 2.67 bits per heavy atom. The van der Waals surface area contributed by atoms with Crippen molar-refractivity contribution in [3.63, 3.8) is 0 Å². The third-order valence-electron chi connectivity index (χ3n) is 3.46. The smallest absolute Gasteiger partial charge is 0.230 e. The molecule has 1 unspecified atom stereocenters. The number of hydrogen-bond donors (Lipinski definition) is 2. The molecule has 0 aliphatic heterocycles. The first-order chi connectivity index (χ1) is 9.97. The predicted molar refractivity (Wildman–Crippen MR) is 84.3 cm³/mol. The van der Waals surface area contributed by atoms with Crippen LogP contribution in [0.15, 0.2) is 23.6 Å². The number of nitrogens with zero attached hydrogens (tertiary/aromatic N) is 2. The first-order valence-electron chi connectivity index (χ1n) is 6.82. The van der Waals surface area contributed by atoms with Crippen LogP contribution >= 0.6 is 11.8 Å². The maximum absolute atomic E-state index is 12.0. The molecular weight excluding hydrogens is 284 g/mol. The van der Waals surface area contributed by atoms with Gasteiger partial charge >= 0.3 is 0 Å². The standard InChI is InChI=1S/C15H20N4OS/c1-9-5-11(3)13(6-10(9)2)12(4)18-14(20)7-21-15-16-8-17-19-15/h5-6,8,12H,7H2,1-4H3,(H,18,20)(H,16,17,19). The Balaban J connectivity index is 1.96. The van der Waals surface area contributed by atoms with Crippen LogP contribution in [0.1, 0.15) is 35.2 Å². The van der Waals surface area contributed by atoms with Gasteiger partial charge in [-0.25, -0.2) is 4.98 Å².